The van der Waals surface area contributed by atoms with Crippen LogP contribution in [0.4, 0.5) is 24.8 Å². The van der Waals surface area contributed by atoms with Gasteiger partial charge in [-0.15, -0.1) is 5.10 Å². The molecule has 1 amide bonds. The Bertz CT molecular complexity index is 894. The van der Waals surface area contributed by atoms with Gasteiger partial charge in [-0.05, 0) is 30.5 Å². The van der Waals surface area contributed by atoms with Crippen molar-refractivity contribution in [3.8, 4) is 0 Å². The smallest absolute Gasteiger partial charge is 0.353 e. The molecule has 2 aliphatic rings. The lowest BCUT2D eigenvalue weighted by Crippen LogP contribution is -2.47. The van der Waals surface area contributed by atoms with Crippen LogP contribution in [-0.4, -0.2) is 53.8 Å². The normalized spacial score (nSPS) is 17.2. The van der Waals surface area contributed by atoms with E-state index in [1.165, 1.54) is 31.3 Å². The molecule has 0 atom stereocenters. The van der Waals surface area contributed by atoms with Gasteiger partial charge in [0, 0.05) is 38.9 Å². The van der Waals surface area contributed by atoms with E-state index in [4.69, 9.17) is 0 Å². The highest BCUT2D eigenvalue weighted by Crippen LogP contribution is 2.35. The Kier molecular flexibility index (Phi) is 5.74. The van der Waals surface area contributed by atoms with Gasteiger partial charge in [-0.25, -0.2) is 4.98 Å². The zero-order valence-electron chi connectivity index (χ0n) is 16.4. The number of alkyl halides is 3. The topological polar surface area (TPSA) is 74.2 Å². The minimum absolute atomic E-state index is 0.0560. The second kappa shape index (κ2) is 8.45. The second-order valence-electron chi connectivity index (χ2n) is 7.64. The lowest BCUT2D eigenvalue weighted by molar-refractivity contribution is -0.137. The predicted octanol–water partition coefficient (Wildman–Crippen LogP) is 2.75. The standard InChI is InChI=1S/C20H23F3N6O/c21-20(22,23)16-2-1-6-24-18(16)29-10-8-28(9-11-29)17-12-15(13-26-27-17)19(30)25-7-5-14-3-4-14/h1-2,6,12-14H,3-5,7-11H2,(H,25,30). The van der Waals surface area contributed by atoms with E-state index >= 15 is 0 Å². The van der Waals surface area contributed by atoms with Crippen molar-refractivity contribution in [2.45, 2.75) is 25.4 Å². The summed E-state index contributed by atoms with van der Waals surface area (Å²) in [6.07, 6.45) is 1.82. The minimum Gasteiger partial charge on any atom is -0.353 e. The number of carbonyl (C=O) groups is 1. The number of nitrogens with zero attached hydrogens (tertiary/aromatic N) is 5. The van der Waals surface area contributed by atoms with Crippen LogP contribution >= 0.6 is 0 Å². The second-order valence-corrected chi connectivity index (χ2v) is 7.64. The highest BCUT2D eigenvalue weighted by Gasteiger charge is 2.36. The number of amides is 1. The van der Waals surface area contributed by atoms with E-state index in [0.717, 1.165) is 18.4 Å². The fourth-order valence-electron chi connectivity index (χ4n) is 3.55. The average Bonchev–Trinajstić information content (AvgIpc) is 3.58. The van der Waals surface area contributed by atoms with Crippen molar-refractivity contribution in [3.63, 3.8) is 0 Å². The first-order valence-electron chi connectivity index (χ1n) is 10.0. The molecule has 1 saturated carbocycles. The SMILES string of the molecule is O=C(NCCC1CC1)c1cnnc(N2CCN(c3ncccc3C(F)(F)F)CC2)c1. The maximum atomic E-state index is 13.3. The van der Waals surface area contributed by atoms with E-state index in [9.17, 15) is 18.0 Å². The Morgan fingerprint density at radius 2 is 1.90 bits per heavy atom. The van der Waals surface area contributed by atoms with Crippen LogP contribution in [0.5, 0.6) is 0 Å². The van der Waals surface area contributed by atoms with Gasteiger partial charge < -0.3 is 15.1 Å². The highest BCUT2D eigenvalue weighted by molar-refractivity contribution is 5.94. The van der Waals surface area contributed by atoms with Gasteiger partial charge >= 0.3 is 6.18 Å². The monoisotopic (exact) mass is 420 g/mol. The van der Waals surface area contributed by atoms with Gasteiger partial charge in [-0.3, -0.25) is 4.79 Å². The molecule has 3 heterocycles. The number of aromatic nitrogens is 3. The first-order chi connectivity index (χ1) is 14.4. The van der Waals surface area contributed by atoms with Crippen LogP contribution in [0.15, 0.2) is 30.6 Å². The summed E-state index contributed by atoms with van der Waals surface area (Å²) >= 11 is 0. The lowest BCUT2D eigenvalue weighted by atomic mass is 10.2. The van der Waals surface area contributed by atoms with Gasteiger partial charge in [0.15, 0.2) is 5.82 Å². The summed E-state index contributed by atoms with van der Waals surface area (Å²) in [4.78, 5) is 19.8. The molecule has 1 aliphatic carbocycles. The van der Waals surface area contributed by atoms with Crippen LogP contribution in [0, 0.1) is 5.92 Å². The molecule has 2 aromatic rings. The number of hydrogen-bond donors (Lipinski definition) is 1. The maximum absolute atomic E-state index is 13.3. The number of pyridine rings is 1. The summed E-state index contributed by atoms with van der Waals surface area (Å²) in [5.41, 5.74) is -0.301. The van der Waals surface area contributed by atoms with E-state index in [1.54, 1.807) is 11.0 Å². The molecule has 2 aromatic heterocycles. The van der Waals surface area contributed by atoms with Crippen molar-refractivity contribution in [2.24, 2.45) is 5.92 Å². The molecule has 0 aromatic carbocycles. The van der Waals surface area contributed by atoms with E-state index in [0.29, 0.717) is 44.1 Å². The van der Waals surface area contributed by atoms with Gasteiger partial charge in [0.05, 0.1) is 17.3 Å². The van der Waals surface area contributed by atoms with Crippen molar-refractivity contribution in [2.75, 3.05) is 42.5 Å². The molecule has 0 bridgehead atoms. The van der Waals surface area contributed by atoms with Crippen LogP contribution < -0.4 is 15.1 Å². The van der Waals surface area contributed by atoms with Crippen molar-refractivity contribution in [3.05, 3.63) is 41.7 Å². The summed E-state index contributed by atoms with van der Waals surface area (Å²) < 4.78 is 39.8. The third-order valence-electron chi connectivity index (χ3n) is 5.43. The van der Waals surface area contributed by atoms with E-state index in [-0.39, 0.29) is 11.7 Å². The number of rotatable bonds is 6. The van der Waals surface area contributed by atoms with Crippen LogP contribution in [0.2, 0.25) is 0 Å². The van der Waals surface area contributed by atoms with Gasteiger partial charge in [-0.1, -0.05) is 12.8 Å². The fourth-order valence-corrected chi connectivity index (χ4v) is 3.55. The molecule has 1 aliphatic heterocycles. The molecule has 2 fully saturated rings. The molecule has 0 spiro atoms. The molecule has 4 rings (SSSR count). The highest BCUT2D eigenvalue weighted by atomic mass is 19.4. The molecular formula is C20H23F3N6O. The summed E-state index contributed by atoms with van der Waals surface area (Å²) in [6, 6.07) is 4.02. The van der Waals surface area contributed by atoms with Gasteiger partial charge in [0.25, 0.3) is 5.91 Å². The summed E-state index contributed by atoms with van der Waals surface area (Å²) in [7, 11) is 0. The van der Waals surface area contributed by atoms with Gasteiger partial charge in [-0.2, -0.15) is 18.3 Å². The lowest BCUT2D eigenvalue weighted by Gasteiger charge is -2.36. The predicted molar refractivity (Wildman–Crippen MR) is 105 cm³/mol. The Labute approximate surface area is 172 Å². The molecular weight excluding hydrogens is 397 g/mol. The number of hydrogen-bond acceptors (Lipinski definition) is 6. The Hall–Kier alpha value is -2.91. The molecule has 160 valence electrons. The van der Waals surface area contributed by atoms with Crippen molar-refractivity contribution >= 4 is 17.5 Å². The summed E-state index contributed by atoms with van der Waals surface area (Å²) in [6.45, 7) is 2.27. The van der Waals surface area contributed by atoms with Gasteiger partial charge in [0.1, 0.15) is 5.82 Å². The van der Waals surface area contributed by atoms with Crippen molar-refractivity contribution in [1.29, 1.82) is 0 Å². The van der Waals surface area contributed by atoms with Crippen LogP contribution in [0.1, 0.15) is 35.2 Å². The van der Waals surface area contributed by atoms with Gasteiger partial charge in [0.2, 0.25) is 0 Å². The third kappa shape index (κ3) is 4.80. The molecule has 10 heteroatoms. The molecule has 0 unspecified atom stereocenters. The molecule has 1 saturated heterocycles. The van der Waals surface area contributed by atoms with Crippen molar-refractivity contribution in [1.82, 2.24) is 20.5 Å². The Balaban J connectivity index is 1.38. The van der Waals surface area contributed by atoms with Crippen molar-refractivity contribution < 1.29 is 18.0 Å². The average molecular weight is 420 g/mol. The van der Waals surface area contributed by atoms with E-state index in [1.807, 2.05) is 4.90 Å². The molecule has 7 nitrogen and oxygen atoms in total. The van der Waals surface area contributed by atoms with E-state index in [2.05, 4.69) is 20.5 Å². The number of halogens is 3. The first-order valence-corrected chi connectivity index (χ1v) is 10.0. The summed E-state index contributed by atoms with van der Waals surface area (Å²) in [5, 5.41) is 10.9. The molecule has 0 radical (unpaired) electrons. The fraction of sp³-hybridized carbons (Fsp3) is 0.500. The number of anilines is 2. The molecule has 1 N–H and O–H groups in total. The summed E-state index contributed by atoms with van der Waals surface area (Å²) in [5.74, 6) is 1.04. The first kappa shape index (κ1) is 20.4. The Morgan fingerprint density at radius 1 is 1.17 bits per heavy atom. The van der Waals surface area contributed by atoms with Crippen LogP contribution in [0.25, 0.3) is 0 Å². The third-order valence-corrected chi connectivity index (χ3v) is 5.43. The van der Waals surface area contributed by atoms with E-state index < -0.39 is 11.7 Å². The maximum Gasteiger partial charge on any atom is 0.419 e. The zero-order chi connectivity index (χ0) is 21.1. The van der Waals surface area contributed by atoms with Crippen LogP contribution in [-0.2, 0) is 6.18 Å². The number of piperazine rings is 1. The van der Waals surface area contributed by atoms with Crippen LogP contribution in [0.3, 0.4) is 0 Å². The Morgan fingerprint density at radius 3 is 2.60 bits per heavy atom. The molecule has 30 heavy (non-hydrogen) atoms. The minimum atomic E-state index is -4.45. The number of carbonyl (C=O) groups excluding carboxylic acids is 1. The quantitative estimate of drug-likeness (QED) is 0.775. The zero-order valence-corrected chi connectivity index (χ0v) is 16.4. The number of nitrogens with one attached hydrogen (secondary N) is 1. The largest absolute Gasteiger partial charge is 0.419 e.